The number of aryl methyl sites for hydroxylation is 2. The highest BCUT2D eigenvalue weighted by Crippen LogP contribution is 2.42. The SMILES string of the molecule is Cc1ccc(SC(c2ccccc2)c2cc(C(=O)OC(C)(C)C)c(C)o2)cc1. The molecular weight excluding hydrogens is 368 g/mol. The second kappa shape index (κ2) is 8.27. The van der Waals surface area contributed by atoms with E-state index < -0.39 is 5.60 Å². The van der Waals surface area contributed by atoms with Crippen molar-refractivity contribution in [2.24, 2.45) is 0 Å². The lowest BCUT2D eigenvalue weighted by Crippen LogP contribution is -2.24. The molecule has 0 aliphatic carbocycles. The molecule has 0 N–H and O–H groups in total. The van der Waals surface area contributed by atoms with Crippen LogP contribution in [0.25, 0.3) is 0 Å². The fourth-order valence-corrected chi connectivity index (χ4v) is 3.93. The lowest BCUT2D eigenvalue weighted by Gasteiger charge is -2.19. The molecule has 0 fully saturated rings. The van der Waals surface area contributed by atoms with Gasteiger partial charge in [0, 0.05) is 4.90 Å². The zero-order valence-electron chi connectivity index (χ0n) is 17.0. The van der Waals surface area contributed by atoms with E-state index in [0.717, 1.165) is 16.2 Å². The van der Waals surface area contributed by atoms with E-state index in [-0.39, 0.29) is 11.2 Å². The van der Waals surface area contributed by atoms with Gasteiger partial charge in [-0.3, -0.25) is 0 Å². The van der Waals surface area contributed by atoms with Gasteiger partial charge >= 0.3 is 5.97 Å². The number of furan rings is 1. The predicted molar refractivity (Wildman–Crippen MR) is 114 cm³/mol. The summed E-state index contributed by atoms with van der Waals surface area (Å²) in [7, 11) is 0. The van der Waals surface area contributed by atoms with Crippen LogP contribution in [0.5, 0.6) is 0 Å². The van der Waals surface area contributed by atoms with Gasteiger partial charge in [0.2, 0.25) is 0 Å². The Labute approximate surface area is 171 Å². The lowest BCUT2D eigenvalue weighted by molar-refractivity contribution is 0.00678. The van der Waals surface area contributed by atoms with E-state index in [0.29, 0.717) is 11.3 Å². The van der Waals surface area contributed by atoms with E-state index in [1.807, 2.05) is 45.0 Å². The van der Waals surface area contributed by atoms with Crippen LogP contribution in [-0.2, 0) is 4.74 Å². The van der Waals surface area contributed by atoms with Crippen molar-refractivity contribution < 1.29 is 13.9 Å². The van der Waals surface area contributed by atoms with Gasteiger partial charge in [0.15, 0.2) is 0 Å². The minimum absolute atomic E-state index is 0.0567. The first kappa shape index (κ1) is 20.3. The predicted octanol–water partition coefficient (Wildman–Crippen LogP) is 6.73. The average molecular weight is 395 g/mol. The lowest BCUT2D eigenvalue weighted by atomic mass is 10.1. The Bertz CT molecular complexity index is 934. The number of esters is 1. The third-order valence-electron chi connectivity index (χ3n) is 4.19. The molecule has 0 radical (unpaired) electrons. The number of ether oxygens (including phenoxy) is 1. The molecule has 28 heavy (non-hydrogen) atoms. The van der Waals surface area contributed by atoms with Crippen molar-refractivity contribution in [2.45, 2.75) is 50.4 Å². The molecule has 4 heteroatoms. The molecule has 0 amide bonds. The van der Waals surface area contributed by atoms with E-state index in [1.165, 1.54) is 5.56 Å². The molecule has 1 heterocycles. The number of hydrogen-bond donors (Lipinski definition) is 0. The van der Waals surface area contributed by atoms with Crippen molar-refractivity contribution in [1.29, 1.82) is 0 Å². The number of carbonyl (C=O) groups excluding carboxylic acids is 1. The van der Waals surface area contributed by atoms with Gasteiger partial charge in [0.05, 0.1) is 5.25 Å². The van der Waals surface area contributed by atoms with Gasteiger partial charge < -0.3 is 9.15 Å². The quantitative estimate of drug-likeness (QED) is 0.355. The normalized spacial score (nSPS) is 12.6. The highest BCUT2D eigenvalue weighted by atomic mass is 32.2. The zero-order valence-corrected chi connectivity index (χ0v) is 17.8. The number of hydrogen-bond acceptors (Lipinski definition) is 4. The summed E-state index contributed by atoms with van der Waals surface area (Å²) in [4.78, 5) is 13.7. The Morgan fingerprint density at radius 1 is 1.00 bits per heavy atom. The van der Waals surface area contributed by atoms with E-state index in [4.69, 9.17) is 9.15 Å². The van der Waals surface area contributed by atoms with E-state index in [9.17, 15) is 4.79 Å². The summed E-state index contributed by atoms with van der Waals surface area (Å²) in [6.45, 7) is 9.47. The van der Waals surface area contributed by atoms with Gasteiger partial charge in [0.25, 0.3) is 0 Å². The largest absolute Gasteiger partial charge is 0.464 e. The molecule has 146 valence electrons. The molecule has 0 bridgehead atoms. The summed E-state index contributed by atoms with van der Waals surface area (Å²) < 4.78 is 11.6. The third-order valence-corrected chi connectivity index (χ3v) is 5.48. The van der Waals surface area contributed by atoms with Crippen molar-refractivity contribution >= 4 is 17.7 Å². The van der Waals surface area contributed by atoms with Gasteiger partial charge in [-0.05, 0) is 58.4 Å². The molecule has 2 aromatic carbocycles. The molecule has 0 saturated heterocycles. The van der Waals surface area contributed by atoms with E-state index >= 15 is 0 Å². The van der Waals surface area contributed by atoms with Crippen molar-refractivity contribution in [3.8, 4) is 0 Å². The number of benzene rings is 2. The molecule has 1 aromatic heterocycles. The van der Waals surface area contributed by atoms with E-state index in [1.54, 1.807) is 18.7 Å². The Morgan fingerprint density at radius 2 is 1.64 bits per heavy atom. The topological polar surface area (TPSA) is 39.4 Å². The van der Waals surface area contributed by atoms with Crippen molar-refractivity contribution in [1.82, 2.24) is 0 Å². The van der Waals surface area contributed by atoms with Gasteiger partial charge in [-0.25, -0.2) is 4.79 Å². The molecule has 3 rings (SSSR count). The monoisotopic (exact) mass is 394 g/mol. The average Bonchev–Trinajstić information content (AvgIpc) is 3.02. The molecule has 3 nitrogen and oxygen atoms in total. The Balaban J connectivity index is 1.96. The van der Waals surface area contributed by atoms with Crippen LogP contribution >= 0.6 is 11.8 Å². The van der Waals surface area contributed by atoms with Gasteiger partial charge in [-0.1, -0.05) is 48.0 Å². The van der Waals surface area contributed by atoms with Gasteiger partial charge in [-0.2, -0.15) is 0 Å². The van der Waals surface area contributed by atoms with Gasteiger partial charge in [0.1, 0.15) is 22.7 Å². The maximum absolute atomic E-state index is 12.6. The first-order chi connectivity index (χ1) is 13.2. The molecule has 1 atom stereocenters. The second-order valence-corrected chi connectivity index (χ2v) is 9.02. The summed E-state index contributed by atoms with van der Waals surface area (Å²) in [5, 5.41) is -0.0567. The summed E-state index contributed by atoms with van der Waals surface area (Å²) in [6.07, 6.45) is 0. The molecule has 0 aliphatic rings. The maximum atomic E-state index is 12.6. The number of rotatable bonds is 5. The third kappa shape index (κ3) is 5.08. The van der Waals surface area contributed by atoms with Crippen molar-refractivity contribution in [3.63, 3.8) is 0 Å². The summed E-state index contributed by atoms with van der Waals surface area (Å²) in [6, 6.07) is 20.4. The molecule has 3 aromatic rings. The Kier molecular flexibility index (Phi) is 5.99. The van der Waals surface area contributed by atoms with Crippen LogP contribution < -0.4 is 0 Å². The Morgan fingerprint density at radius 3 is 2.25 bits per heavy atom. The van der Waals surface area contributed by atoms with Crippen molar-refractivity contribution in [3.05, 3.63) is 88.9 Å². The highest BCUT2D eigenvalue weighted by Gasteiger charge is 2.26. The molecular formula is C24H26O3S. The summed E-state index contributed by atoms with van der Waals surface area (Å²) in [5.74, 6) is 0.969. The summed E-state index contributed by atoms with van der Waals surface area (Å²) in [5.41, 5.74) is 2.28. The first-order valence-electron chi connectivity index (χ1n) is 9.35. The second-order valence-electron chi connectivity index (χ2n) is 7.84. The molecule has 0 saturated carbocycles. The molecule has 0 aliphatic heterocycles. The minimum atomic E-state index is -0.545. The zero-order chi connectivity index (χ0) is 20.3. The van der Waals surface area contributed by atoms with Crippen LogP contribution in [0.1, 0.15) is 59.0 Å². The smallest absolute Gasteiger partial charge is 0.342 e. The Hall–Kier alpha value is -2.46. The first-order valence-corrected chi connectivity index (χ1v) is 10.2. The molecule has 0 spiro atoms. The summed E-state index contributed by atoms with van der Waals surface area (Å²) >= 11 is 1.70. The van der Waals surface area contributed by atoms with Crippen LogP contribution in [0.2, 0.25) is 0 Å². The number of thioether (sulfide) groups is 1. The fourth-order valence-electron chi connectivity index (χ4n) is 2.84. The fraction of sp³-hybridized carbons (Fsp3) is 0.292. The maximum Gasteiger partial charge on any atom is 0.342 e. The standard InChI is InChI=1S/C24H26O3S/c1-16-11-13-19(14-12-16)28-22(18-9-7-6-8-10-18)21-15-20(17(2)26-21)23(25)27-24(3,4)5/h6-15,22H,1-5H3. The van der Waals surface area contributed by atoms with E-state index in [2.05, 4.69) is 43.3 Å². The van der Waals surface area contributed by atoms with Crippen LogP contribution in [0.15, 0.2) is 70.0 Å². The minimum Gasteiger partial charge on any atom is -0.464 e. The van der Waals surface area contributed by atoms with Crippen LogP contribution in [0.3, 0.4) is 0 Å². The van der Waals surface area contributed by atoms with Crippen LogP contribution in [0.4, 0.5) is 0 Å². The van der Waals surface area contributed by atoms with Crippen molar-refractivity contribution in [2.75, 3.05) is 0 Å². The van der Waals surface area contributed by atoms with Crippen LogP contribution in [0, 0.1) is 13.8 Å². The highest BCUT2D eigenvalue weighted by molar-refractivity contribution is 7.99. The van der Waals surface area contributed by atoms with Crippen LogP contribution in [-0.4, -0.2) is 11.6 Å². The number of carbonyl (C=O) groups is 1. The van der Waals surface area contributed by atoms with Gasteiger partial charge in [-0.15, -0.1) is 11.8 Å². The molecule has 1 unspecified atom stereocenters.